The fourth-order valence-electron chi connectivity index (χ4n) is 2.62. The van der Waals surface area contributed by atoms with Crippen LogP contribution in [0.1, 0.15) is 11.3 Å². The Labute approximate surface area is 148 Å². The highest BCUT2D eigenvalue weighted by Gasteiger charge is 2.07. The van der Waals surface area contributed by atoms with Crippen molar-refractivity contribution in [2.45, 2.75) is 6.92 Å². The van der Waals surface area contributed by atoms with Crippen molar-refractivity contribution in [2.75, 3.05) is 5.32 Å². The summed E-state index contributed by atoms with van der Waals surface area (Å²) in [5.74, 6) is -0.216. The lowest BCUT2D eigenvalue weighted by Crippen LogP contribution is -2.07. The molecular weight excluding hydrogens is 330 g/mol. The van der Waals surface area contributed by atoms with E-state index in [1.54, 1.807) is 6.08 Å². The molecule has 122 valence electrons. The first-order valence-electron chi connectivity index (χ1n) is 7.90. The molecule has 5 heteroatoms. The van der Waals surface area contributed by atoms with Crippen molar-refractivity contribution in [2.24, 2.45) is 0 Å². The van der Waals surface area contributed by atoms with E-state index in [0.717, 1.165) is 32.4 Å². The number of amides is 1. The van der Waals surface area contributed by atoms with Gasteiger partial charge in [-0.15, -0.1) is 0 Å². The lowest BCUT2D eigenvalue weighted by Gasteiger charge is -1.98. The van der Waals surface area contributed by atoms with Gasteiger partial charge in [-0.3, -0.25) is 10.1 Å². The molecule has 4 rings (SSSR count). The Balaban J connectivity index is 1.51. The summed E-state index contributed by atoms with van der Waals surface area (Å²) in [5, 5.41) is 4.50. The summed E-state index contributed by atoms with van der Waals surface area (Å²) in [5.41, 5.74) is 3.69. The second-order valence-corrected chi connectivity index (χ2v) is 6.72. The van der Waals surface area contributed by atoms with Crippen LogP contribution in [-0.4, -0.2) is 15.9 Å². The van der Waals surface area contributed by atoms with Gasteiger partial charge in [-0.05, 0) is 36.8 Å². The average Bonchev–Trinajstić information content (AvgIpc) is 3.03. The molecule has 1 amide bonds. The molecule has 0 fully saturated rings. The van der Waals surface area contributed by atoms with Gasteiger partial charge in [0.1, 0.15) is 0 Å². The van der Waals surface area contributed by atoms with E-state index in [9.17, 15) is 4.79 Å². The van der Waals surface area contributed by atoms with Crippen LogP contribution in [0, 0.1) is 6.92 Å². The topological polar surface area (TPSA) is 54.9 Å². The minimum atomic E-state index is -0.216. The summed E-state index contributed by atoms with van der Waals surface area (Å²) in [7, 11) is 0. The Kier molecular flexibility index (Phi) is 3.99. The lowest BCUT2D eigenvalue weighted by molar-refractivity contribution is -0.111. The molecule has 0 aliphatic rings. The molecule has 2 aromatic heterocycles. The Morgan fingerprint density at radius 1 is 1.04 bits per heavy atom. The third-order valence-corrected chi connectivity index (χ3v) is 4.81. The molecule has 2 heterocycles. The fraction of sp³-hybridized carbons (Fsp3) is 0.0500. The van der Waals surface area contributed by atoms with Gasteiger partial charge in [-0.1, -0.05) is 47.7 Å². The molecule has 0 radical (unpaired) electrons. The normalized spacial score (nSPS) is 11.4. The van der Waals surface area contributed by atoms with Crippen LogP contribution in [0.5, 0.6) is 0 Å². The highest BCUT2D eigenvalue weighted by Crippen LogP contribution is 2.27. The molecule has 0 bridgehead atoms. The number of pyridine rings is 1. The Morgan fingerprint density at radius 3 is 2.80 bits per heavy atom. The molecule has 0 unspecified atom stereocenters. The number of rotatable bonds is 3. The van der Waals surface area contributed by atoms with Crippen LogP contribution in [0.25, 0.3) is 27.2 Å². The van der Waals surface area contributed by atoms with Gasteiger partial charge in [-0.25, -0.2) is 9.97 Å². The van der Waals surface area contributed by atoms with Crippen molar-refractivity contribution in [3.8, 4) is 0 Å². The van der Waals surface area contributed by atoms with Crippen LogP contribution < -0.4 is 5.32 Å². The highest BCUT2D eigenvalue weighted by molar-refractivity contribution is 7.22. The lowest BCUT2D eigenvalue weighted by atomic mass is 10.2. The standard InChI is InChI=1S/C20H15N3OS/c1-13-5-4-8-17-19(13)23-20(25-17)22-18(24)12-11-15-10-9-14-6-2-3-7-16(14)21-15/h2-12H,1H3,(H,22,23,24)/b12-11+. The summed E-state index contributed by atoms with van der Waals surface area (Å²) in [6.45, 7) is 2.01. The van der Waals surface area contributed by atoms with Crippen molar-refractivity contribution >= 4 is 49.6 Å². The molecule has 1 N–H and O–H groups in total. The summed E-state index contributed by atoms with van der Waals surface area (Å²) in [6, 6.07) is 17.8. The molecule has 4 aromatic rings. The molecule has 0 aliphatic carbocycles. The summed E-state index contributed by atoms with van der Waals surface area (Å²) in [4.78, 5) is 21.2. The third kappa shape index (κ3) is 3.27. The zero-order valence-corrected chi connectivity index (χ0v) is 14.4. The number of nitrogens with zero attached hydrogens (tertiary/aromatic N) is 2. The number of aromatic nitrogens is 2. The van der Waals surface area contributed by atoms with Crippen molar-refractivity contribution in [3.05, 3.63) is 71.9 Å². The third-order valence-electron chi connectivity index (χ3n) is 3.88. The first-order chi connectivity index (χ1) is 12.2. The molecule has 2 aromatic carbocycles. The van der Waals surface area contributed by atoms with E-state index in [1.165, 1.54) is 17.4 Å². The van der Waals surface area contributed by atoms with E-state index >= 15 is 0 Å². The van der Waals surface area contributed by atoms with Crippen LogP contribution >= 0.6 is 11.3 Å². The molecule has 0 saturated carbocycles. The predicted molar refractivity (Wildman–Crippen MR) is 104 cm³/mol. The number of anilines is 1. The van der Waals surface area contributed by atoms with Crippen LogP contribution in [0.2, 0.25) is 0 Å². The minimum Gasteiger partial charge on any atom is -0.298 e. The van der Waals surface area contributed by atoms with Gasteiger partial charge in [-0.2, -0.15) is 0 Å². The van der Waals surface area contributed by atoms with Crippen LogP contribution in [-0.2, 0) is 4.79 Å². The van der Waals surface area contributed by atoms with E-state index in [0.29, 0.717) is 5.13 Å². The maximum absolute atomic E-state index is 12.2. The number of carbonyl (C=O) groups is 1. The van der Waals surface area contributed by atoms with E-state index < -0.39 is 0 Å². The Hall–Kier alpha value is -3.05. The number of thiazole rings is 1. The zero-order valence-electron chi connectivity index (χ0n) is 13.6. The van der Waals surface area contributed by atoms with Crippen molar-refractivity contribution in [1.29, 1.82) is 0 Å². The summed E-state index contributed by atoms with van der Waals surface area (Å²) >= 11 is 1.47. The second-order valence-electron chi connectivity index (χ2n) is 5.69. The molecule has 25 heavy (non-hydrogen) atoms. The van der Waals surface area contributed by atoms with Crippen LogP contribution in [0.3, 0.4) is 0 Å². The van der Waals surface area contributed by atoms with E-state index in [-0.39, 0.29) is 5.91 Å². The maximum atomic E-state index is 12.2. The minimum absolute atomic E-state index is 0.216. The monoisotopic (exact) mass is 345 g/mol. The first kappa shape index (κ1) is 15.5. The largest absolute Gasteiger partial charge is 0.298 e. The Morgan fingerprint density at radius 2 is 1.92 bits per heavy atom. The van der Waals surface area contributed by atoms with Gasteiger partial charge in [0.2, 0.25) is 5.91 Å². The molecule has 4 nitrogen and oxygen atoms in total. The number of nitrogens with one attached hydrogen (secondary N) is 1. The van der Waals surface area contributed by atoms with E-state index in [2.05, 4.69) is 15.3 Å². The zero-order chi connectivity index (χ0) is 17.2. The summed E-state index contributed by atoms with van der Waals surface area (Å²) < 4.78 is 1.07. The fourth-order valence-corrected chi connectivity index (χ4v) is 3.57. The number of hydrogen-bond acceptors (Lipinski definition) is 4. The van der Waals surface area contributed by atoms with Gasteiger partial charge in [0.15, 0.2) is 5.13 Å². The first-order valence-corrected chi connectivity index (χ1v) is 8.72. The van der Waals surface area contributed by atoms with Gasteiger partial charge >= 0.3 is 0 Å². The Bertz CT molecular complexity index is 1110. The van der Waals surface area contributed by atoms with E-state index in [4.69, 9.17) is 0 Å². The van der Waals surface area contributed by atoms with Crippen molar-refractivity contribution < 1.29 is 4.79 Å². The molecule has 0 saturated heterocycles. The number of para-hydroxylation sites is 2. The van der Waals surface area contributed by atoms with Crippen LogP contribution in [0.4, 0.5) is 5.13 Å². The van der Waals surface area contributed by atoms with Crippen LogP contribution in [0.15, 0.2) is 60.7 Å². The summed E-state index contributed by atoms with van der Waals surface area (Å²) in [6.07, 6.45) is 3.19. The number of fused-ring (bicyclic) bond motifs is 2. The van der Waals surface area contributed by atoms with Gasteiger partial charge < -0.3 is 0 Å². The smallest absolute Gasteiger partial charge is 0.250 e. The number of aryl methyl sites for hydroxylation is 1. The number of hydrogen-bond donors (Lipinski definition) is 1. The quantitative estimate of drug-likeness (QED) is 0.542. The van der Waals surface area contributed by atoms with Crippen molar-refractivity contribution in [3.63, 3.8) is 0 Å². The van der Waals surface area contributed by atoms with Crippen molar-refractivity contribution in [1.82, 2.24) is 9.97 Å². The number of benzene rings is 2. The maximum Gasteiger partial charge on any atom is 0.250 e. The van der Waals surface area contributed by atoms with E-state index in [1.807, 2.05) is 61.5 Å². The molecule has 0 aliphatic heterocycles. The van der Waals surface area contributed by atoms with Gasteiger partial charge in [0, 0.05) is 11.5 Å². The molecule has 0 atom stereocenters. The highest BCUT2D eigenvalue weighted by atomic mass is 32.1. The molecule has 0 spiro atoms. The van der Waals surface area contributed by atoms with Gasteiger partial charge in [0.25, 0.3) is 0 Å². The average molecular weight is 345 g/mol. The molecular formula is C20H15N3OS. The predicted octanol–water partition coefficient (Wildman–Crippen LogP) is 4.80. The second kappa shape index (κ2) is 6.45. The number of carbonyl (C=O) groups excluding carboxylic acids is 1. The SMILES string of the molecule is Cc1cccc2sc(NC(=O)/C=C/c3ccc4ccccc4n3)nc12. The van der Waals surface area contributed by atoms with Gasteiger partial charge in [0.05, 0.1) is 21.4 Å².